The van der Waals surface area contributed by atoms with E-state index in [0.29, 0.717) is 17.9 Å². The summed E-state index contributed by atoms with van der Waals surface area (Å²) >= 11 is 0. The highest BCUT2D eigenvalue weighted by atomic mass is 16.1. The largest absolute Gasteiger partial charge is 0.335 e. The number of pyridine rings is 2. The maximum Gasteiger partial charge on any atom is 0.224 e. The van der Waals surface area contributed by atoms with Crippen molar-refractivity contribution in [1.29, 1.82) is 0 Å². The Bertz CT molecular complexity index is 1730. The van der Waals surface area contributed by atoms with Gasteiger partial charge in [0.05, 0.1) is 34.6 Å². The van der Waals surface area contributed by atoms with Crippen molar-refractivity contribution < 1.29 is 4.79 Å². The van der Waals surface area contributed by atoms with Crippen LogP contribution < -0.4 is 5.32 Å². The molecule has 3 N–H and O–H groups in total. The molecule has 2 aromatic carbocycles. The molecular weight excluding hydrogens is 462 g/mol. The Kier molecular flexibility index (Phi) is 5.69. The van der Waals surface area contributed by atoms with Gasteiger partial charge in [-0.25, -0.2) is 4.98 Å². The lowest BCUT2D eigenvalue weighted by Crippen LogP contribution is -2.13. The number of hydrogen-bond acceptors (Lipinski definition) is 5. The van der Waals surface area contributed by atoms with E-state index in [0.717, 1.165) is 49.9 Å². The summed E-state index contributed by atoms with van der Waals surface area (Å²) in [6.45, 7) is 4.04. The van der Waals surface area contributed by atoms with E-state index < -0.39 is 0 Å². The Balaban J connectivity index is 1.38. The van der Waals surface area contributed by atoms with Gasteiger partial charge in [-0.3, -0.25) is 19.9 Å². The number of nitrogens with one attached hydrogen (secondary N) is 3. The van der Waals surface area contributed by atoms with Crippen LogP contribution in [0.25, 0.3) is 55.7 Å². The second kappa shape index (κ2) is 9.31. The summed E-state index contributed by atoms with van der Waals surface area (Å²) in [7, 11) is 0. The predicted molar refractivity (Wildman–Crippen MR) is 146 cm³/mol. The number of H-pyrrole nitrogens is 2. The number of amides is 1. The second-order valence-corrected chi connectivity index (χ2v) is 9.48. The summed E-state index contributed by atoms with van der Waals surface area (Å²) in [6, 6.07) is 18.1. The lowest BCUT2D eigenvalue weighted by Gasteiger charge is -2.09. The minimum Gasteiger partial charge on any atom is -0.335 e. The molecule has 0 aliphatic heterocycles. The number of carbonyl (C=O) groups excluding carboxylic acids is 1. The van der Waals surface area contributed by atoms with Crippen molar-refractivity contribution in [2.75, 3.05) is 5.32 Å². The van der Waals surface area contributed by atoms with Crippen molar-refractivity contribution in [3.05, 3.63) is 79.4 Å². The lowest BCUT2D eigenvalue weighted by atomic mass is 10.0. The molecule has 0 saturated carbocycles. The molecule has 182 valence electrons. The number of nitrogens with zero attached hydrogens (tertiary/aromatic N) is 4. The molecule has 0 saturated heterocycles. The van der Waals surface area contributed by atoms with Crippen molar-refractivity contribution in [3.63, 3.8) is 0 Å². The first-order valence-electron chi connectivity index (χ1n) is 12.2. The Morgan fingerprint density at radius 1 is 0.892 bits per heavy atom. The molecule has 1 amide bonds. The molecule has 4 heterocycles. The minimum absolute atomic E-state index is 0.0178. The average Bonchev–Trinajstić information content (AvgIpc) is 3.52. The van der Waals surface area contributed by atoms with Gasteiger partial charge in [-0.15, -0.1) is 0 Å². The summed E-state index contributed by atoms with van der Waals surface area (Å²) in [6.07, 6.45) is 7.54. The van der Waals surface area contributed by atoms with Crippen LogP contribution in [-0.2, 0) is 4.79 Å². The topological polar surface area (TPSA) is 112 Å². The van der Waals surface area contributed by atoms with Gasteiger partial charge in [-0.05, 0) is 35.2 Å². The number of carbonyl (C=O) groups is 1. The number of imidazole rings is 1. The molecule has 37 heavy (non-hydrogen) atoms. The summed E-state index contributed by atoms with van der Waals surface area (Å²) in [5.74, 6) is 0.933. The van der Waals surface area contributed by atoms with Gasteiger partial charge in [0.1, 0.15) is 5.69 Å². The van der Waals surface area contributed by atoms with Gasteiger partial charge < -0.3 is 10.3 Å². The molecule has 0 fully saturated rings. The fourth-order valence-corrected chi connectivity index (χ4v) is 4.50. The SMILES string of the molecule is CC(C)CC(=O)Nc1cncc(-c2ccc3[nH]nc(-c4nc5c(-c6ccccc6)cncc5[nH]4)c3c2)c1. The fraction of sp³-hybridized carbons (Fsp3) is 0.138. The van der Waals surface area contributed by atoms with Crippen molar-refractivity contribution in [2.24, 2.45) is 5.92 Å². The zero-order chi connectivity index (χ0) is 25.4. The smallest absolute Gasteiger partial charge is 0.224 e. The van der Waals surface area contributed by atoms with Crippen LogP contribution in [0.5, 0.6) is 0 Å². The number of aromatic nitrogens is 6. The number of benzene rings is 2. The van der Waals surface area contributed by atoms with E-state index >= 15 is 0 Å². The highest BCUT2D eigenvalue weighted by Crippen LogP contribution is 2.33. The lowest BCUT2D eigenvalue weighted by molar-refractivity contribution is -0.116. The Morgan fingerprint density at radius 3 is 2.57 bits per heavy atom. The number of anilines is 1. The number of hydrogen-bond donors (Lipinski definition) is 3. The van der Waals surface area contributed by atoms with E-state index in [1.54, 1.807) is 18.6 Å². The molecule has 0 aliphatic carbocycles. The molecule has 6 aromatic rings. The van der Waals surface area contributed by atoms with Crippen molar-refractivity contribution in [1.82, 2.24) is 30.1 Å². The zero-order valence-electron chi connectivity index (χ0n) is 20.5. The quantitative estimate of drug-likeness (QED) is 0.258. The first-order chi connectivity index (χ1) is 18.0. The summed E-state index contributed by atoms with van der Waals surface area (Å²) in [5, 5.41) is 11.6. The van der Waals surface area contributed by atoms with Gasteiger partial charge >= 0.3 is 0 Å². The zero-order valence-corrected chi connectivity index (χ0v) is 20.5. The van der Waals surface area contributed by atoms with E-state index in [9.17, 15) is 4.79 Å². The Labute approximate surface area is 213 Å². The van der Waals surface area contributed by atoms with Crippen LogP contribution in [0, 0.1) is 5.92 Å². The molecular formula is C29H25N7O. The molecule has 8 heteroatoms. The standard InChI is InChI=1S/C29H25N7O/c1-17(2)10-26(37)32-21-11-20(13-30-14-21)19-8-9-24-22(12-19)28(36-35-24)29-33-25-16-31-15-23(27(25)34-29)18-6-4-3-5-7-18/h3-9,11-17H,10H2,1-2H3,(H,32,37)(H,33,34)(H,35,36). The Hall–Kier alpha value is -4.85. The first kappa shape index (κ1) is 22.6. The molecule has 0 atom stereocenters. The minimum atomic E-state index is -0.0178. The van der Waals surface area contributed by atoms with Gasteiger partial charge in [-0.2, -0.15) is 5.10 Å². The van der Waals surface area contributed by atoms with Gasteiger partial charge in [0.15, 0.2) is 5.82 Å². The maximum atomic E-state index is 12.2. The summed E-state index contributed by atoms with van der Waals surface area (Å²) in [5.41, 5.74) is 7.87. The van der Waals surface area contributed by atoms with E-state index in [2.05, 4.69) is 48.7 Å². The number of rotatable bonds is 6. The van der Waals surface area contributed by atoms with Crippen molar-refractivity contribution in [2.45, 2.75) is 20.3 Å². The maximum absolute atomic E-state index is 12.2. The van der Waals surface area contributed by atoms with Crippen LogP contribution >= 0.6 is 0 Å². The van der Waals surface area contributed by atoms with E-state index in [1.165, 1.54) is 0 Å². The normalized spacial score (nSPS) is 11.4. The molecule has 0 bridgehead atoms. The van der Waals surface area contributed by atoms with Crippen LogP contribution in [0.4, 0.5) is 5.69 Å². The third kappa shape index (κ3) is 4.45. The molecule has 8 nitrogen and oxygen atoms in total. The van der Waals surface area contributed by atoms with Gasteiger partial charge in [0.25, 0.3) is 0 Å². The van der Waals surface area contributed by atoms with Crippen LogP contribution in [-0.4, -0.2) is 36.0 Å². The molecule has 6 rings (SSSR count). The van der Waals surface area contributed by atoms with Crippen LogP contribution in [0.1, 0.15) is 20.3 Å². The van der Waals surface area contributed by atoms with E-state index in [4.69, 9.17) is 4.98 Å². The highest BCUT2D eigenvalue weighted by molar-refractivity contribution is 5.98. The van der Waals surface area contributed by atoms with Crippen molar-refractivity contribution in [3.8, 4) is 33.8 Å². The molecule has 0 unspecified atom stereocenters. The van der Waals surface area contributed by atoms with E-state index in [-0.39, 0.29) is 11.8 Å². The molecule has 0 spiro atoms. The summed E-state index contributed by atoms with van der Waals surface area (Å²) < 4.78 is 0. The van der Waals surface area contributed by atoms with Crippen LogP contribution in [0.2, 0.25) is 0 Å². The number of fused-ring (bicyclic) bond motifs is 2. The van der Waals surface area contributed by atoms with Gasteiger partial charge in [0.2, 0.25) is 5.91 Å². The molecule has 0 radical (unpaired) electrons. The van der Waals surface area contributed by atoms with Crippen molar-refractivity contribution >= 4 is 33.5 Å². The molecule has 4 aromatic heterocycles. The van der Waals surface area contributed by atoms with Gasteiger partial charge in [0, 0.05) is 35.3 Å². The fourth-order valence-electron chi connectivity index (χ4n) is 4.50. The third-order valence-electron chi connectivity index (χ3n) is 6.22. The predicted octanol–water partition coefficient (Wildman–Crippen LogP) is 6.21. The molecule has 0 aliphatic rings. The number of aromatic amines is 2. The third-order valence-corrected chi connectivity index (χ3v) is 6.22. The monoisotopic (exact) mass is 487 g/mol. The first-order valence-corrected chi connectivity index (χ1v) is 12.2. The summed E-state index contributed by atoms with van der Waals surface area (Å²) in [4.78, 5) is 29.3. The average molecular weight is 488 g/mol. The van der Waals surface area contributed by atoms with Gasteiger partial charge in [-0.1, -0.05) is 50.2 Å². The second-order valence-electron chi connectivity index (χ2n) is 9.48. The highest BCUT2D eigenvalue weighted by Gasteiger charge is 2.16. The van der Waals surface area contributed by atoms with Crippen LogP contribution in [0.3, 0.4) is 0 Å². The van der Waals surface area contributed by atoms with Crippen LogP contribution in [0.15, 0.2) is 79.4 Å². The van der Waals surface area contributed by atoms with E-state index in [1.807, 2.05) is 56.4 Å². The Morgan fingerprint density at radius 2 is 1.73 bits per heavy atom.